The maximum absolute atomic E-state index is 14.9. The van der Waals surface area contributed by atoms with Gasteiger partial charge < -0.3 is 13.8 Å². The average Bonchev–Trinajstić information content (AvgIpc) is 3.20. The number of hydrogen-bond acceptors (Lipinski definition) is 5. The first-order chi connectivity index (χ1) is 27.1. The zero-order valence-corrected chi connectivity index (χ0v) is 34.1. The van der Waals surface area contributed by atoms with Gasteiger partial charge in [-0.2, -0.15) is 13.9 Å². The summed E-state index contributed by atoms with van der Waals surface area (Å²) in [5, 5.41) is 2.46. The Kier molecular flexibility index (Phi) is 22.2. The molecular formula is C44H61F5NO5P. The number of esters is 1. The van der Waals surface area contributed by atoms with Crippen molar-refractivity contribution in [2.45, 2.75) is 161 Å². The Bertz CT molecular complexity index is 1550. The van der Waals surface area contributed by atoms with Crippen LogP contribution in [0.4, 0.5) is 22.0 Å². The van der Waals surface area contributed by atoms with Gasteiger partial charge in [-0.25, -0.2) is 17.7 Å². The first-order valence-electron chi connectivity index (χ1n) is 20.7. The van der Waals surface area contributed by atoms with Gasteiger partial charge in [0.25, 0.3) is 0 Å². The molecule has 0 aliphatic carbocycles. The Morgan fingerprint density at radius 2 is 0.982 bits per heavy atom. The highest BCUT2D eigenvalue weighted by Gasteiger charge is 2.40. The fourth-order valence-electron chi connectivity index (χ4n) is 6.57. The molecule has 56 heavy (non-hydrogen) atoms. The standard InChI is InChI=1S/C44H61F5NO5P/c1-3-5-7-9-11-13-15-17-23-29-35(30-24-18-16-14-12-10-8-6-4-2)53-44(51)37(33-34-27-21-19-22-28-34)50-56(52,54-36-31-25-20-26-32-36)55-43-41(48)39(46)38(45)40(47)42(43)49/h19-22,25-28,31-32,35,37H,3-18,23-24,29-30,33H2,1-2H3,(H,50,52)/t37-,56-/m0/s1. The second-order valence-corrected chi connectivity index (χ2v) is 16.2. The number of benzene rings is 3. The normalized spacial score (nSPS) is 13.1. The molecule has 0 heterocycles. The molecule has 3 aromatic rings. The second kappa shape index (κ2) is 26.5. The minimum absolute atomic E-state index is 0.118. The molecule has 0 aromatic heterocycles. The molecule has 0 amide bonds. The van der Waals surface area contributed by atoms with Gasteiger partial charge in [-0.15, -0.1) is 0 Å². The maximum atomic E-state index is 14.9. The second-order valence-electron chi connectivity index (χ2n) is 14.6. The highest BCUT2D eigenvalue weighted by atomic mass is 31.2. The number of unbranched alkanes of at least 4 members (excludes halogenated alkanes) is 16. The van der Waals surface area contributed by atoms with Gasteiger partial charge in [-0.3, -0.25) is 4.79 Å². The number of hydrogen-bond donors (Lipinski definition) is 1. The molecule has 12 heteroatoms. The fraction of sp³-hybridized carbons (Fsp3) is 0.568. The first-order valence-corrected chi connectivity index (χ1v) is 22.2. The summed E-state index contributed by atoms with van der Waals surface area (Å²) < 4.78 is 103. The molecule has 6 nitrogen and oxygen atoms in total. The van der Waals surface area contributed by atoms with E-state index in [1.54, 1.807) is 36.4 Å². The van der Waals surface area contributed by atoms with Crippen molar-refractivity contribution in [1.29, 1.82) is 0 Å². The maximum Gasteiger partial charge on any atom is 0.513 e. The third-order valence-corrected chi connectivity index (χ3v) is 11.3. The third kappa shape index (κ3) is 17.0. The van der Waals surface area contributed by atoms with Crippen molar-refractivity contribution in [3.63, 3.8) is 0 Å². The van der Waals surface area contributed by atoms with Gasteiger partial charge in [0, 0.05) is 0 Å². The predicted molar refractivity (Wildman–Crippen MR) is 212 cm³/mol. The zero-order chi connectivity index (χ0) is 40.6. The molecule has 0 spiro atoms. The van der Waals surface area contributed by atoms with E-state index < -0.39 is 60.7 Å². The van der Waals surface area contributed by atoms with Crippen LogP contribution in [0.25, 0.3) is 0 Å². The molecule has 0 unspecified atom stereocenters. The van der Waals surface area contributed by atoms with E-state index in [9.17, 15) is 31.3 Å². The van der Waals surface area contributed by atoms with E-state index in [0.717, 1.165) is 51.4 Å². The van der Waals surface area contributed by atoms with Crippen molar-refractivity contribution < 1.29 is 45.1 Å². The fourth-order valence-corrected chi connectivity index (χ4v) is 8.09. The third-order valence-electron chi connectivity index (χ3n) is 9.77. The molecule has 3 aromatic carbocycles. The largest absolute Gasteiger partial charge is 0.513 e. The first kappa shape index (κ1) is 46.9. The van der Waals surface area contributed by atoms with Gasteiger partial charge in [0.05, 0.1) is 0 Å². The van der Waals surface area contributed by atoms with E-state index in [1.807, 2.05) is 0 Å². The summed E-state index contributed by atoms with van der Waals surface area (Å²) in [6.45, 7) is 4.40. The number of ether oxygens (including phenoxy) is 1. The van der Waals surface area contributed by atoms with Crippen LogP contribution in [-0.4, -0.2) is 18.1 Å². The number of rotatable bonds is 30. The molecule has 1 N–H and O–H groups in total. The van der Waals surface area contributed by atoms with Gasteiger partial charge >= 0.3 is 13.7 Å². The molecule has 0 aliphatic rings. The molecule has 312 valence electrons. The Morgan fingerprint density at radius 1 is 0.571 bits per heavy atom. The number of nitrogens with one attached hydrogen (secondary N) is 1. The molecule has 2 atom stereocenters. The molecule has 3 rings (SSSR count). The van der Waals surface area contributed by atoms with E-state index in [4.69, 9.17) is 13.8 Å². The zero-order valence-electron chi connectivity index (χ0n) is 33.2. The Labute approximate surface area is 330 Å². The van der Waals surface area contributed by atoms with E-state index in [1.165, 1.54) is 88.5 Å². The highest BCUT2D eigenvalue weighted by molar-refractivity contribution is 7.52. The Morgan fingerprint density at radius 3 is 1.45 bits per heavy atom. The Hall–Kier alpha value is -3.43. The summed E-state index contributed by atoms with van der Waals surface area (Å²) in [6, 6.07) is 14.6. The van der Waals surface area contributed by atoms with E-state index in [-0.39, 0.29) is 12.2 Å². The lowest BCUT2D eigenvalue weighted by atomic mass is 10.0. The average molecular weight is 810 g/mol. The van der Waals surface area contributed by atoms with Crippen LogP contribution in [0, 0.1) is 29.1 Å². The van der Waals surface area contributed by atoms with Crippen LogP contribution < -0.4 is 14.1 Å². The summed E-state index contributed by atoms with van der Waals surface area (Å²) in [5.41, 5.74) is 0.610. The highest BCUT2D eigenvalue weighted by Crippen LogP contribution is 2.48. The molecular weight excluding hydrogens is 748 g/mol. The van der Waals surface area contributed by atoms with Crippen LogP contribution in [0.1, 0.15) is 148 Å². The van der Waals surface area contributed by atoms with Crippen molar-refractivity contribution in [3.8, 4) is 11.5 Å². The summed E-state index contributed by atoms with van der Waals surface area (Å²) in [6.07, 6.45) is 21.1. The lowest BCUT2D eigenvalue weighted by Crippen LogP contribution is -2.41. The lowest BCUT2D eigenvalue weighted by Gasteiger charge is -2.27. The van der Waals surface area contributed by atoms with Gasteiger partial charge in [0.2, 0.25) is 34.8 Å². The van der Waals surface area contributed by atoms with Gasteiger partial charge in [-0.05, 0) is 49.8 Å². The molecule has 0 radical (unpaired) electrons. The molecule has 0 fully saturated rings. The van der Waals surface area contributed by atoms with Gasteiger partial charge in [0.1, 0.15) is 17.9 Å². The predicted octanol–water partition coefficient (Wildman–Crippen LogP) is 13.9. The van der Waals surface area contributed by atoms with Crippen LogP contribution in [0.5, 0.6) is 11.5 Å². The molecule has 0 saturated carbocycles. The van der Waals surface area contributed by atoms with Crippen LogP contribution in [0.15, 0.2) is 60.7 Å². The summed E-state index contributed by atoms with van der Waals surface area (Å²) in [5.74, 6) is -14.4. The van der Waals surface area contributed by atoms with Crippen LogP contribution >= 0.6 is 7.75 Å². The van der Waals surface area contributed by atoms with Crippen LogP contribution in [0.3, 0.4) is 0 Å². The van der Waals surface area contributed by atoms with E-state index in [0.29, 0.717) is 18.4 Å². The van der Waals surface area contributed by atoms with Crippen molar-refractivity contribution in [2.75, 3.05) is 0 Å². The van der Waals surface area contributed by atoms with Crippen molar-refractivity contribution in [3.05, 3.63) is 95.3 Å². The molecule has 0 saturated heterocycles. The van der Waals surface area contributed by atoms with Crippen LogP contribution in [0.2, 0.25) is 0 Å². The smallest absolute Gasteiger partial charge is 0.461 e. The van der Waals surface area contributed by atoms with E-state index in [2.05, 4.69) is 18.9 Å². The minimum atomic E-state index is -5.14. The number of carbonyl (C=O) groups excluding carboxylic acids is 1. The SMILES string of the molecule is CCCCCCCCCCCC(CCCCCCCCCCC)OC(=O)[C@H](Cc1ccccc1)N[P@](=O)(Oc1ccccc1)Oc1c(F)c(F)c(F)c(F)c1F. The van der Waals surface area contributed by atoms with Crippen molar-refractivity contribution >= 4 is 13.7 Å². The Balaban J connectivity index is 1.82. The van der Waals surface area contributed by atoms with Crippen molar-refractivity contribution in [2.24, 2.45) is 0 Å². The monoisotopic (exact) mass is 809 g/mol. The van der Waals surface area contributed by atoms with Crippen molar-refractivity contribution in [1.82, 2.24) is 5.09 Å². The topological polar surface area (TPSA) is 73.9 Å². The summed E-state index contributed by atoms with van der Waals surface area (Å²) in [4.78, 5) is 14.1. The summed E-state index contributed by atoms with van der Waals surface area (Å²) in [7, 11) is -5.14. The number of halogens is 5. The van der Waals surface area contributed by atoms with E-state index >= 15 is 0 Å². The van der Waals surface area contributed by atoms with Crippen LogP contribution in [-0.2, 0) is 20.5 Å². The molecule has 0 aliphatic heterocycles. The van der Waals surface area contributed by atoms with Gasteiger partial charge in [0.15, 0.2) is 0 Å². The quantitative estimate of drug-likeness (QED) is 0.0181. The minimum Gasteiger partial charge on any atom is -0.461 e. The summed E-state index contributed by atoms with van der Waals surface area (Å²) >= 11 is 0. The molecule has 0 bridgehead atoms. The lowest BCUT2D eigenvalue weighted by molar-refractivity contribution is -0.152. The number of carbonyl (C=O) groups is 1. The number of para-hydroxylation sites is 1. The van der Waals surface area contributed by atoms with Gasteiger partial charge in [-0.1, -0.05) is 165 Å².